The summed E-state index contributed by atoms with van der Waals surface area (Å²) in [5, 5.41) is 0. The lowest BCUT2D eigenvalue weighted by atomic mass is 10.1. The van der Waals surface area contributed by atoms with Crippen LogP contribution in [-0.2, 0) is 9.59 Å². The van der Waals surface area contributed by atoms with E-state index in [9.17, 15) is 9.59 Å². The second kappa shape index (κ2) is 58.8. The van der Waals surface area contributed by atoms with E-state index in [1.807, 2.05) is 0 Å². The van der Waals surface area contributed by atoms with Crippen LogP contribution in [0.5, 0.6) is 0 Å². The molecule has 0 fully saturated rings. The molecule has 70 heavy (non-hydrogen) atoms. The molecule has 0 aromatic rings. The van der Waals surface area contributed by atoms with E-state index >= 15 is 0 Å². The van der Waals surface area contributed by atoms with Crippen molar-refractivity contribution in [3.05, 3.63) is 0 Å². The summed E-state index contributed by atoms with van der Waals surface area (Å²) in [5.41, 5.74) is 0. The normalized spacial score (nSPS) is 11.6. The lowest BCUT2D eigenvalue weighted by molar-refractivity contribution is -0.132. The molecule has 0 heterocycles. The number of unbranched alkanes of at least 4 members (excludes halogenated alkanes) is 44. The Hall–Kier alpha value is -1.10. The van der Waals surface area contributed by atoms with Gasteiger partial charge < -0.3 is 14.7 Å². The molecule has 0 radical (unpaired) electrons. The van der Waals surface area contributed by atoms with Gasteiger partial charge in [0.2, 0.25) is 11.8 Å². The summed E-state index contributed by atoms with van der Waals surface area (Å²) < 4.78 is 0. The van der Waals surface area contributed by atoms with Crippen LogP contribution < -0.4 is 0 Å². The zero-order valence-electron chi connectivity index (χ0n) is 49.2. The van der Waals surface area contributed by atoms with Gasteiger partial charge >= 0.3 is 0 Å². The molecule has 0 aliphatic heterocycles. The molecule has 0 aliphatic rings. The smallest absolute Gasteiger partial charge is 0.222 e. The number of hydrogen-bond acceptors (Lipinski definition) is 3. The van der Waals surface area contributed by atoms with Crippen LogP contribution in [0.25, 0.3) is 0 Å². The van der Waals surface area contributed by atoms with Crippen LogP contribution in [0.4, 0.5) is 0 Å². The fourth-order valence-corrected chi connectivity index (χ4v) is 10.7. The minimum Gasteiger partial charge on any atom is -0.343 e. The van der Waals surface area contributed by atoms with Gasteiger partial charge in [0.15, 0.2) is 0 Å². The van der Waals surface area contributed by atoms with Gasteiger partial charge in [-0.05, 0) is 71.5 Å². The number of nitrogens with zero attached hydrogens (tertiary/aromatic N) is 3. The minimum absolute atomic E-state index is 0.436. The molecule has 2 amide bonds. The van der Waals surface area contributed by atoms with Gasteiger partial charge in [-0.3, -0.25) is 9.59 Å². The summed E-state index contributed by atoms with van der Waals surface area (Å²) in [5.74, 6) is 0.872. The summed E-state index contributed by atoms with van der Waals surface area (Å²) in [6, 6.07) is 0. The number of hydrogen-bond donors (Lipinski definition) is 0. The topological polar surface area (TPSA) is 43.9 Å². The van der Waals surface area contributed by atoms with Crippen LogP contribution >= 0.6 is 0 Å². The van der Waals surface area contributed by atoms with E-state index in [1.54, 1.807) is 0 Å². The van der Waals surface area contributed by atoms with Gasteiger partial charge in [-0.1, -0.05) is 297 Å². The lowest BCUT2D eigenvalue weighted by Gasteiger charge is -2.23. The lowest BCUT2D eigenvalue weighted by Crippen LogP contribution is -2.32. The fraction of sp³-hybridized carbons (Fsp3) is 0.969. The maximum Gasteiger partial charge on any atom is 0.222 e. The predicted octanol–water partition coefficient (Wildman–Crippen LogP) is 20.9. The minimum atomic E-state index is 0.436. The zero-order valence-corrected chi connectivity index (χ0v) is 49.2. The van der Waals surface area contributed by atoms with E-state index in [4.69, 9.17) is 0 Å². The van der Waals surface area contributed by atoms with Crippen LogP contribution in [-0.4, -0.2) is 72.8 Å². The van der Waals surface area contributed by atoms with Crippen LogP contribution in [0.15, 0.2) is 0 Å². The Morgan fingerprint density at radius 2 is 0.371 bits per heavy atom. The van der Waals surface area contributed by atoms with Crippen molar-refractivity contribution in [2.45, 2.75) is 362 Å². The average Bonchev–Trinajstić information content (AvgIpc) is 3.36. The molecule has 0 saturated carbocycles. The van der Waals surface area contributed by atoms with Crippen molar-refractivity contribution in [1.82, 2.24) is 14.7 Å². The summed E-state index contributed by atoms with van der Waals surface area (Å²) in [4.78, 5) is 33.8. The molecule has 418 valence electrons. The van der Waals surface area contributed by atoms with Crippen LogP contribution in [0.3, 0.4) is 0 Å². The summed E-state index contributed by atoms with van der Waals surface area (Å²) in [6.45, 7) is 15.6. The number of amides is 2. The van der Waals surface area contributed by atoms with Gasteiger partial charge in [-0.15, -0.1) is 0 Å². The molecule has 0 aromatic heterocycles. The highest BCUT2D eigenvalue weighted by molar-refractivity contribution is 5.76. The maximum absolute atomic E-state index is 13.4. The van der Waals surface area contributed by atoms with Crippen LogP contribution in [0.2, 0.25) is 0 Å². The van der Waals surface area contributed by atoms with Crippen LogP contribution in [0, 0.1) is 0 Å². The molecule has 0 spiro atoms. The van der Waals surface area contributed by atoms with Crippen molar-refractivity contribution in [2.75, 3.05) is 46.3 Å². The first-order chi connectivity index (χ1) is 34.5. The van der Waals surface area contributed by atoms with Crippen molar-refractivity contribution < 1.29 is 9.59 Å². The quantitative estimate of drug-likeness (QED) is 0.0571. The van der Waals surface area contributed by atoms with Crippen LogP contribution in [0.1, 0.15) is 362 Å². The third kappa shape index (κ3) is 51.8. The van der Waals surface area contributed by atoms with Crippen molar-refractivity contribution in [2.24, 2.45) is 0 Å². The van der Waals surface area contributed by atoms with E-state index in [0.29, 0.717) is 11.8 Å². The molecule has 0 unspecified atom stereocenters. The highest BCUT2D eigenvalue weighted by Gasteiger charge is 2.14. The zero-order chi connectivity index (χ0) is 50.9. The van der Waals surface area contributed by atoms with Crippen molar-refractivity contribution >= 4 is 11.8 Å². The van der Waals surface area contributed by atoms with E-state index in [0.717, 1.165) is 51.9 Å². The van der Waals surface area contributed by atoms with Gasteiger partial charge in [0.25, 0.3) is 0 Å². The summed E-state index contributed by atoms with van der Waals surface area (Å²) in [7, 11) is 2.32. The Kier molecular flexibility index (Phi) is 57.9. The van der Waals surface area contributed by atoms with Gasteiger partial charge in [-0.2, -0.15) is 0 Å². The van der Waals surface area contributed by atoms with E-state index in [1.165, 1.54) is 321 Å². The Bertz CT molecular complexity index is 941. The van der Waals surface area contributed by atoms with Crippen molar-refractivity contribution in [1.29, 1.82) is 0 Å². The maximum atomic E-state index is 13.4. The molecule has 0 bridgehead atoms. The Labute approximate surface area is 442 Å². The predicted molar refractivity (Wildman–Crippen MR) is 313 cm³/mol. The monoisotopic (exact) mass is 986 g/mol. The van der Waals surface area contributed by atoms with E-state index in [2.05, 4.69) is 49.4 Å². The Balaban J connectivity index is 4.30. The first-order valence-corrected chi connectivity index (χ1v) is 32.7. The SMILES string of the molecule is CCCCCCCCCCCCN(CCCCCCCCN(C)CCCCCCCCN(CCCCCCCCCCCC)C(=O)CCCCCCCCCCC)C(=O)CCCCCCCCCCC. The molecule has 0 atom stereocenters. The fourth-order valence-electron chi connectivity index (χ4n) is 10.7. The Morgan fingerprint density at radius 3 is 0.571 bits per heavy atom. The highest BCUT2D eigenvalue weighted by Crippen LogP contribution is 2.18. The van der Waals surface area contributed by atoms with Gasteiger partial charge in [0.1, 0.15) is 0 Å². The average molecular weight is 987 g/mol. The standard InChI is InChI=1S/C65H131N3O2/c1-6-10-14-18-22-26-30-34-44-52-60-67(64(69)56-48-40-32-28-24-20-16-12-8-3)62-54-46-38-36-42-50-58-66(5)59-51-43-37-39-47-55-63-68(61-53-45-35-31-27-23-19-15-11-7-2)65(70)57-49-41-33-29-25-21-17-13-9-4/h6-63H2,1-5H3. The van der Waals surface area contributed by atoms with Gasteiger partial charge in [-0.25, -0.2) is 0 Å². The molecule has 0 aromatic carbocycles. The largest absolute Gasteiger partial charge is 0.343 e. The molecular weight excluding hydrogens is 855 g/mol. The van der Waals surface area contributed by atoms with Gasteiger partial charge in [0, 0.05) is 39.0 Å². The van der Waals surface area contributed by atoms with Crippen molar-refractivity contribution in [3.8, 4) is 0 Å². The third-order valence-corrected chi connectivity index (χ3v) is 15.7. The first kappa shape index (κ1) is 68.9. The number of carbonyl (C=O) groups excluding carboxylic acids is 2. The highest BCUT2D eigenvalue weighted by atomic mass is 16.2. The molecule has 5 nitrogen and oxygen atoms in total. The van der Waals surface area contributed by atoms with E-state index in [-0.39, 0.29) is 0 Å². The summed E-state index contributed by atoms with van der Waals surface area (Å²) in [6.07, 6.45) is 67.8. The van der Waals surface area contributed by atoms with Gasteiger partial charge in [0.05, 0.1) is 0 Å². The van der Waals surface area contributed by atoms with Crippen molar-refractivity contribution in [3.63, 3.8) is 0 Å². The van der Waals surface area contributed by atoms with E-state index < -0.39 is 0 Å². The summed E-state index contributed by atoms with van der Waals surface area (Å²) >= 11 is 0. The number of rotatable bonds is 60. The second-order valence-electron chi connectivity index (χ2n) is 22.8. The molecule has 0 rings (SSSR count). The Morgan fingerprint density at radius 1 is 0.214 bits per heavy atom. The first-order valence-electron chi connectivity index (χ1n) is 32.7. The molecule has 0 N–H and O–H groups in total. The number of carbonyl (C=O) groups is 2. The molecular formula is C65H131N3O2. The molecule has 0 aliphatic carbocycles. The molecule has 0 saturated heterocycles. The second-order valence-corrected chi connectivity index (χ2v) is 22.8. The third-order valence-electron chi connectivity index (χ3n) is 15.7. The molecule has 5 heteroatoms.